The first-order valence-corrected chi connectivity index (χ1v) is 6.88. The summed E-state index contributed by atoms with van der Waals surface area (Å²) in [5.74, 6) is 0. The lowest BCUT2D eigenvalue weighted by Crippen LogP contribution is -2.45. The summed E-state index contributed by atoms with van der Waals surface area (Å²) in [6, 6.07) is 9.91. The molecule has 5 nitrogen and oxygen atoms in total. The SMILES string of the molecule is CC(CO)N(C)C(=O)NCCN(C)Cc1ccccc1. The molecule has 0 bridgehead atoms. The number of benzene rings is 1. The maximum atomic E-state index is 11.8. The van der Waals surface area contributed by atoms with Gasteiger partial charge in [-0.15, -0.1) is 0 Å². The average molecular weight is 279 g/mol. The number of aliphatic hydroxyl groups is 1. The second-order valence-corrected chi connectivity index (χ2v) is 5.10. The molecule has 0 aliphatic rings. The van der Waals surface area contributed by atoms with E-state index in [1.807, 2.05) is 25.2 Å². The van der Waals surface area contributed by atoms with Crippen molar-refractivity contribution in [1.29, 1.82) is 0 Å². The molecule has 2 amide bonds. The Morgan fingerprint density at radius 3 is 2.55 bits per heavy atom. The third kappa shape index (κ3) is 5.59. The largest absolute Gasteiger partial charge is 0.394 e. The standard InChI is InChI=1S/C15H25N3O2/c1-13(12-19)18(3)15(20)16-9-10-17(2)11-14-7-5-4-6-8-14/h4-8,13,19H,9-12H2,1-3H3,(H,16,20). The van der Waals surface area contributed by atoms with E-state index in [0.29, 0.717) is 6.54 Å². The molecule has 2 N–H and O–H groups in total. The van der Waals surface area contributed by atoms with Crippen molar-refractivity contribution in [3.63, 3.8) is 0 Å². The van der Waals surface area contributed by atoms with Crippen molar-refractivity contribution in [2.24, 2.45) is 0 Å². The second-order valence-electron chi connectivity index (χ2n) is 5.10. The van der Waals surface area contributed by atoms with Crippen molar-refractivity contribution in [2.45, 2.75) is 19.5 Å². The van der Waals surface area contributed by atoms with Crippen molar-refractivity contribution in [2.75, 3.05) is 33.8 Å². The zero-order valence-corrected chi connectivity index (χ0v) is 12.5. The van der Waals surface area contributed by atoms with E-state index in [9.17, 15) is 4.79 Å². The van der Waals surface area contributed by atoms with Crippen LogP contribution in [0.5, 0.6) is 0 Å². The number of likely N-dealkylation sites (N-methyl/N-ethyl adjacent to an activating group) is 2. The number of rotatable bonds is 7. The normalized spacial score (nSPS) is 12.2. The van der Waals surface area contributed by atoms with Crippen molar-refractivity contribution in [3.8, 4) is 0 Å². The van der Waals surface area contributed by atoms with Crippen molar-refractivity contribution < 1.29 is 9.90 Å². The van der Waals surface area contributed by atoms with Crippen molar-refractivity contribution in [3.05, 3.63) is 35.9 Å². The molecule has 112 valence electrons. The predicted molar refractivity (Wildman–Crippen MR) is 80.5 cm³/mol. The molecule has 1 aromatic rings. The highest BCUT2D eigenvalue weighted by molar-refractivity contribution is 5.74. The highest BCUT2D eigenvalue weighted by Crippen LogP contribution is 2.01. The van der Waals surface area contributed by atoms with E-state index in [1.165, 1.54) is 10.5 Å². The van der Waals surface area contributed by atoms with E-state index >= 15 is 0 Å². The maximum Gasteiger partial charge on any atom is 0.317 e. The van der Waals surface area contributed by atoms with Gasteiger partial charge in [0.05, 0.1) is 12.6 Å². The fraction of sp³-hybridized carbons (Fsp3) is 0.533. The van der Waals surface area contributed by atoms with E-state index < -0.39 is 0 Å². The Kier molecular flexibility index (Phi) is 7.04. The molecule has 5 heteroatoms. The Labute approximate surface area is 121 Å². The number of aliphatic hydroxyl groups excluding tert-OH is 1. The quantitative estimate of drug-likeness (QED) is 0.787. The lowest BCUT2D eigenvalue weighted by Gasteiger charge is -2.24. The van der Waals surface area contributed by atoms with E-state index in [1.54, 1.807) is 14.0 Å². The lowest BCUT2D eigenvalue weighted by atomic mass is 10.2. The molecule has 0 aliphatic carbocycles. The van der Waals surface area contributed by atoms with E-state index in [4.69, 9.17) is 5.11 Å². The molecule has 0 aromatic heterocycles. The van der Waals surface area contributed by atoms with Gasteiger partial charge in [-0.2, -0.15) is 0 Å². The molecule has 0 fully saturated rings. The predicted octanol–water partition coefficient (Wildman–Crippen LogP) is 1.14. The van der Waals surface area contributed by atoms with Gasteiger partial charge in [0.25, 0.3) is 0 Å². The maximum absolute atomic E-state index is 11.8. The molecule has 1 unspecified atom stereocenters. The molecule has 20 heavy (non-hydrogen) atoms. The number of hydrogen-bond donors (Lipinski definition) is 2. The van der Waals surface area contributed by atoms with Gasteiger partial charge >= 0.3 is 6.03 Å². The van der Waals surface area contributed by atoms with Gasteiger partial charge in [0.1, 0.15) is 0 Å². The Hall–Kier alpha value is -1.59. The summed E-state index contributed by atoms with van der Waals surface area (Å²) in [6.07, 6.45) is 0. The summed E-state index contributed by atoms with van der Waals surface area (Å²) < 4.78 is 0. The van der Waals surface area contributed by atoms with Crippen LogP contribution in [0.2, 0.25) is 0 Å². The molecular weight excluding hydrogens is 254 g/mol. The smallest absolute Gasteiger partial charge is 0.317 e. The topological polar surface area (TPSA) is 55.8 Å². The minimum atomic E-state index is -0.169. The Morgan fingerprint density at radius 1 is 1.30 bits per heavy atom. The highest BCUT2D eigenvalue weighted by Gasteiger charge is 2.13. The summed E-state index contributed by atoms with van der Waals surface area (Å²) in [5.41, 5.74) is 1.26. The third-order valence-corrected chi connectivity index (χ3v) is 3.31. The van der Waals surface area contributed by atoms with Crippen LogP contribution in [0, 0.1) is 0 Å². The zero-order valence-electron chi connectivity index (χ0n) is 12.5. The molecule has 0 aliphatic heterocycles. The molecule has 1 atom stereocenters. The molecular formula is C15H25N3O2. The summed E-state index contributed by atoms with van der Waals surface area (Å²) in [7, 11) is 3.71. The molecule has 0 saturated heterocycles. The van der Waals surface area contributed by atoms with Gasteiger partial charge in [-0.3, -0.25) is 0 Å². The molecule has 1 rings (SSSR count). The summed E-state index contributed by atoms with van der Waals surface area (Å²) in [5, 5.41) is 11.9. The van der Waals surface area contributed by atoms with Crippen molar-refractivity contribution in [1.82, 2.24) is 15.1 Å². The first-order chi connectivity index (χ1) is 9.54. The fourth-order valence-electron chi connectivity index (χ4n) is 1.78. The summed E-state index contributed by atoms with van der Waals surface area (Å²) >= 11 is 0. The highest BCUT2D eigenvalue weighted by atomic mass is 16.3. The van der Waals surface area contributed by atoms with Gasteiger partial charge in [0, 0.05) is 26.7 Å². The number of amides is 2. The van der Waals surface area contributed by atoms with Crippen LogP contribution in [0.1, 0.15) is 12.5 Å². The summed E-state index contributed by atoms with van der Waals surface area (Å²) in [4.78, 5) is 15.4. The Balaban J connectivity index is 2.25. The number of nitrogens with zero attached hydrogens (tertiary/aromatic N) is 2. The van der Waals surface area contributed by atoms with Crippen LogP contribution in [-0.2, 0) is 6.54 Å². The molecule has 0 spiro atoms. The van der Waals surface area contributed by atoms with Crippen LogP contribution in [0.15, 0.2) is 30.3 Å². The van der Waals surface area contributed by atoms with Gasteiger partial charge in [0.15, 0.2) is 0 Å². The first-order valence-electron chi connectivity index (χ1n) is 6.88. The fourth-order valence-corrected chi connectivity index (χ4v) is 1.78. The minimum Gasteiger partial charge on any atom is -0.394 e. The molecule has 0 heterocycles. The number of carbonyl (C=O) groups is 1. The van der Waals surface area contributed by atoms with Gasteiger partial charge in [0.2, 0.25) is 0 Å². The monoisotopic (exact) mass is 279 g/mol. The van der Waals surface area contributed by atoms with E-state index in [0.717, 1.165) is 13.1 Å². The Morgan fingerprint density at radius 2 is 1.95 bits per heavy atom. The first kappa shape index (κ1) is 16.5. The summed E-state index contributed by atoms with van der Waals surface area (Å²) in [6.45, 7) is 4.01. The van der Waals surface area contributed by atoms with Crippen LogP contribution < -0.4 is 5.32 Å². The van der Waals surface area contributed by atoms with E-state index in [2.05, 4.69) is 22.3 Å². The number of nitrogens with one attached hydrogen (secondary N) is 1. The number of carbonyl (C=O) groups excluding carboxylic acids is 1. The molecule has 0 saturated carbocycles. The Bertz CT molecular complexity index is 397. The average Bonchev–Trinajstić information content (AvgIpc) is 2.46. The lowest BCUT2D eigenvalue weighted by molar-refractivity contribution is 0.156. The molecule has 0 radical (unpaired) electrons. The van der Waals surface area contributed by atoms with Gasteiger partial charge < -0.3 is 20.2 Å². The molecule has 1 aromatic carbocycles. The van der Waals surface area contributed by atoms with Gasteiger partial charge in [-0.25, -0.2) is 4.79 Å². The van der Waals surface area contributed by atoms with Crippen molar-refractivity contribution >= 4 is 6.03 Å². The second kappa shape index (κ2) is 8.55. The minimum absolute atomic E-state index is 0.0299. The number of hydrogen-bond acceptors (Lipinski definition) is 3. The van der Waals surface area contributed by atoms with Crippen LogP contribution in [0.3, 0.4) is 0 Å². The van der Waals surface area contributed by atoms with Crippen LogP contribution in [0.4, 0.5) is 4.79 Å². The van der Waals surface area contributed by atoms with Crippen LogP contribution in [-0.4, -0.2) is 60.8 Å². The van der Waals surface area contributed by atoms with Gasteiger partial charge in [-0.1, -0.05) is 30.3 Å². The third-order valence-electron chi connectivity index (χ3n) is 3.31. The van der Waals surface area contributed by atoms with Gasteiger partial charge in [-0.05, 0) is 19.5 Å². The van der Waals surface area contributed by atoms with E-state index in [-0.39, 0.29) is 18.7 Å². The van der Waals surface area contributed by atoms with Crippen LogP contribution in [0.25, 0.3) is 0 Å². The van der Waals surface area contributed by atoms with Crippen LogP contribution >= 0.6 is 0 Å². The number of urea groups is 1. The zero-order chi connectivity index (χ0) is 15.0.